The Bertz CT molecular complexity index is 1460. The maximum Gasteiger partial charge on any atom is 0.338 e. The number of benzene rings is 2. The SMILES string of the molecule is Cc1nccn1Cc1c(O)c(Br)cc2c1c(C(=O)O)c(CS(=O)(=O)c1ccccc1)n2C. The van der Waals surface area contributed by atoms with E-state index in [1.165, 1.54) is 12.1 Å². The Morgan fingerprint density at radius 1 is 1.22 bits per heavy atom. The summed E-state index contributed by atoms with van der Waals surface area (Å²) < 4.78 is 29.8. The van der Waals surface area contributed by atoms with E-state index in [2.05, 4.69) is 20.9 Å². The second-order valence-electron chi connectivity index (χ2n) is 7.44. The van der Waals surface area contributed by atoms with Crippen LogP contribution < -0.4 is 0 Å². The molecule has 0 amide bonds. The first-order valence-electron chi connectivity index (χ1n) is 9.62. The van der Waals surface area contributed by atoms with E-state index in [0.29, 0.717) is 26.8 Å². The summed E-state index contributed by atoms with van der Waals surface area (Å²) in [5.74, 6) is -1.17. The largest absolute Gasteiger partial charge is 0.506 e. The van der Waals surface area contributed by atoms with Crippen molar-refractivity contribution in [1.29, 1.82) is 0 Å². The third-order valence-electron chi connectivity index (χ3n) is 5.53. The van der Waals surface area contributed by atoms with Crippen molar-refractivity contribution in [3.05, 3.63) is 75.9 Å². The zero-order valence-corrected chi connectivity index (χ0v) is 19.7. The van der Waals surface area contributed by atoms with Gasteiger partial charge in [0.2, 0.25) is 0 Å². The van der Waals surface area contributed by atoms with Crippen LogP contribution in [0.25, 0.3) is 10.9 Å². The van der Waals surface area contributed by atoms with Gasteiger partial charge in [-0.05, 0) is 41.1 Å². The lowest BCUT2D eigenvalue weighted by Crippen LogP contribution is -2.12. The van der Waals surface area contributed by atoms with Crippen LogP contribution in [0.2, 0.25) is 0 Å². The lowest BCUT2D eigenvalue weighted by atomic mass is 10.0. The molecule has 0 aliphatic carbocycles. The van der Waals surface area contributed by atoms with Crippen LogP contribution in [0.4, 0.5) is 0 Å². The first-order chi connectivity index (χ1) is 15.1. The number of aromatic nitrogens is 3. The predicted octanol–water partition coefficient (Wildman–Crippen LogP) is 3.87. The normalized spacial score (nSPS) is 11.8. The van der Waals surface area contributed by atoms with Crippen LogP contribution in [0.15, 0.2) is 58.2 Å². The Balaban J connectivity index is 1.99. The zero-order valence-electron chi connectivity index (χ0n) is 17.3. The van der Waals surface area contributed by atoms with Gasteiger partial charge in [-0.25, -0.2) is 18.2 Å². The molecule has 2 aromatic carbocycles. The Labute approximate surface area is 192 Å². The monoisotopic (exact) mass is 517 g/mol. The molecule has 4 rings (SSSR count). The van der Waals surface area contributed by atoms with Crippen molar-refractivity contribution in [3.63, 3.8) is 0 Å². The number of rotatable bonds is 6. The Morgan fingerprint density at radius 2 is 1.91 bits per heavy atom. The van der Waals surface area contributed by atoms with E-state index in [-0.39, 0.29) is 28.4 Å². The molecule has 0 aliphatic rings. The van der Waals surface area contributed by atoms with Crippen LogP contribution in [0.3, 0.4) is 0 Å². The van der Waals surface area contributed by atoms with Gasteiger partial charge in [0.25, 0.3) is 0 Å². The van der Waals surface area contributed by atoms with Crippen molar-refractivity contribution in [3.8, 4) is 5.75 Å². The highest BCUT2D eigenvalue weighted by molar-refractivity contribution is 9.10. The number of phenols is 1. The van der Waals surface area contributed by atoms with Gasteiger partial charge in [0.05, 0.1) is 32.7 Å². The van der Waals surface area contributed by atoms with Crippen molar-refractivity contribution in [2.45, 2.75) is 24.1 Å². The summed E-state index contributed by atoms with van der Waals surface area (Å²) in [5, 5.41) is 21.2. The molecule has 0 fully saturated rings. The van der Waals surface area contributed by atoms with E-state index in [4.69, 9.17) is 0 Å². The maximum absolute atomic E-state index is 13.0. The molecule has 0 spiro atoms. The highest BCUT2D eigenvalue weighted by Crippen LogP contribution is 2.40. The molecule has 0 unspecified atom stereocenters. The Morgan fingerprint density at radius 3 is 2.50 bits per heavy atom. The number of aromatic carboxylic acids is 1. The van der Waals surface area contributed by atoms with Crippen LogP contribution in [-0.4, -0.2) is 38.7 Å². The fraction of sp³-hybridized carbons (Fsp3) is 0.182. The molecule has 0 radical (unpaired) electrons. The van der Waals surface area contributed by atoms with E-state index in [1.807, 2.05) is 0 Å². The van der Waals surface area contributed by atoms with Crippen molar-refractivity contribution >= 4 is 42.6 Å². The van der Waals surface area contributed by atoms with Gasteiger partial charge in [-0.15, -0.1) is 0 Å². The minimum Gasteiger partial charge on any atom is -0.506 e. The number of carbonyl (C=O) groups is 1. The summed E-state index contributed by atoms with van der Waals surface area (Å²) in [5.41, 5.74) is 0.861. The van der Waals surface area contributed by atoms with E-state index in [9.17, 15) is 23.4 Å². The van der Waals surface area contributed by atoms with Crippen LogP contribution in [-0.2, 0) is 29.2 Å². The van der Waals surface area contributed by atoms with Gasteiger partial charge in [-0.2, -0.15) is 0 Å². The number of hydrogen-bond donors (Lipinski definition) is 2. The van der Waals surface area contributed by atoms with Gasteiger partial charge in [0.1, 0.15) is 11.6 Å². The summed E-state index contributed by atoms with van der Waals surface area (Å²) in [6.07, 6.45) is 3.34. The minimum atomic E-state index is -3.80. The number of aromatic hydroxyl groups is 1. The maximum atomic E-state index is 13.0. The standard InChI is InChI=1S/C22H20BrN3O5S/c1-13-24-8-9-26(13)11-15-19-17(10-16(23)21(15)27)25(2)18(20(19)22(28)29)12-32(30,31)14-6-4-3-5-7-14/h3-10,27H,11-12H2,1-2H3,(H,28,29). The number of sulfone groups is 1. The molecule has 10 heteroatoms. The van der Waals surface area contributed by atoms with E-state index < -0.39 is 21.6 Å². The van der Waals surface area contributed by atoms with Crippen LogP contribution in [0.5, 0.6) is 5.75 Å². The number of halogens is 1. The lowest BCUT2D eigenvalue weighted by molar-refractivity contribution is 0.0698. The van der Waals surface area contributed by atoms with E-state index in [0.717, 1.165) is 0 Å². The smallest absolute Gasteiger partial charge is 0.338 e. The Hall–Kier alpha value is -3.11. The number of fused-ring (bicyclic) bond motifs is 1. The number of carboxylic acid groups (broad SMARTS) is 1. The molecule has 0 bridgehead atoms. The number of hydrogen-bond acceptors (Lipinski definition) is 5. The van der Waals surface area contributed by atoms with Crippen molar-refractivity contribution in [2.75, 3.05) is 0 Å². The fourth-order valence-corrected chi connectivity index (χ4v) is 5.76. The molecule has 0 saturated carbocycles. The third-order valence-corrected chi connectivity index (χ3v) is 7.78. The zero-order chi connectivity index (χ0) is 23.2. The van der Waals surface area contributed by atoms with Crippen molar-refractivity contribution < 1.29 is 23.4 Å². The van der Waals surface area contributed by atoms with E-state index >= 15 is 0 Å². The second kappa shape index (κ2) is 8.10. The molecule has 32 heavy (non-hydrogen) atoms. The van der Waals surface area contributed by atoms with Gasteiger partial charge in [-0.1, -0.05) is 18.2 Å². The number of nitrogens with zero attached hydrogens (tertiary/aromatic N) is 3. The second-order valence-corrected chi connectivity index (χ2v) is 10.3. The average Bonchev–Trinajstić information content (AvgIpc) is 3.27. The molecular weight excluding hydrogens is 498 g/mol. The number of aryl methyl sites for hydroxylation is 2. The van der Waals surface area contributed by atoms with Gasteiger partial charge in [-0.3, -0.25) is 0 Å². The summed E-state index contributed by atoms with van der Waals surface area (Å²) in [6, 6.07) is 9.51. The van der Waals surface area contributed by atoms with Crippen molar-refractivity contribution in [2.24, 2.45) is 7.05 Å². The molecule has 166 valence electrons. The van der Waals surface area contributed by atoms with Crippen LogP contribution in [0, 0.1) is 6.92 Å². The van der Waals surface area contributed by atoms with Crippen molar-refractivity contribution in [1.82, 2.24) is 14.1 Å². The molecule has 0 saturated heterocycles. The van der Waals surface area contributed by atoms with Gasteiger partial charge in [0.15, 0.2) is 9.84 Å². The third kappa shape index (κ3) is 3.69. The van der Waals surface area contributed by atoms with Crippen LogP contribution >= 0.6 is 15.9 Å². The quantitative estimate of drug-likeness (QED) is 0.401. The minimum absolute atomic E-state index is 0.101. The highest BCUT2D eigenvalue weighted by Gasteiger charge is 2.29. The lowest BCUT2D eigenvalue weighted by Gasteiger charge is -2.12. The first-order valence-corrected chi connectivity index (χ1v) is 12.1. The predicted molar refractivity (Wildman–Crippen MR) is 123 cm³/mol. The molecular formula is C22H20BrN3O5S. The molecule has 4 aromatic rings. The Kier molecular flexibility index (Phi) is 5.59. The molecule has 0 aliphatic heterocycles. The topological polar surface area (TPSA) is 114 Å². The fourth-order valence-electron chi connectivity index (χ4n) is 3.86. The van der Waals surface area contributed by atoms with Gasteiger partial charge >= 0.3 is 5.97 Å². The highest BCUT2D eigenvalue weighted by atomic mass is 79.9. The molecule has 2 heterocycles. The molecule has 0 atom stereocenters. The first kappa shape index (κ1) is 22.1. The molecule has 8 nitrogen and oxygen atoms in total. The van der Waals surface area contributed by atoms with E-state index in [1.54, 1.807) is 59.8 Å². The molecule has 2 aromatic heterocycles. The summed E-state index contributed by atoms with van der Waals surface area (Å²) >= 11 is 3.34. The van der Waals surface area contributed by atoms with Crippen LogP contribution in [0.1, 0.15) is 27.4 Å². The molecule has 2 N–H and O–H groups in total. The summed E-state index contributed by atoms with van der Waals surface area (Å²) in [6.45, 7) is 1.97. The van der Waals surface area contributed by atoms with Gasteiger partial charge in [0, 0.05) is 36.1 Å². The average molecular weight is 518 g/mol. The number of phenolic OH excluding ortho intramolecular Hbond substituents is 1. The number of carboxylic acids is 1. The summed E-state index contributed by atoms with van der Waals surface area (Å²) in [4.78, 5) is 16.7. The number of imidazole rings is 1. The summed E-state index contributed by atoms with van der Waals surface area (Å²) in [7, 11) is -2.18. The van der Waals surface area contributed by atoms with Gasteiger partial charge < -0.3 is 19.3 Å².